The van der Waals surface area contributed by atoms with Gasteiger partial charge in [-0.05, 0) is 31.2 Å². The van der Waals surface area contributed by atoms with Crippen LogP contribution in [0.4, 0.5) is 26.3 Å². The Balaban J connectivity index is 0.000000271. The van der Waals surface area contributed by atoms with Crippen molar-refractivity contribution in [2.45, 2.75) is 38.9 Å². The highest BCUT2D eigenvalue weighted by Gasteiger charge is 2.38. The lowest BCUT2D eigenvalue weighted by Gasteiger charge is -2.28. The number of halogens is 6. The zero-order valence-corrected chi connectivity index (χ0v) is 18.5. The van der Waals surface area contributed by atoms with Crippen LogP contribution in [-0.2, 0) is 29.2 Å². The van der Waals surface area contributed by atoms with Gasteiger partial charge in [-0.3, -0.25) is 9.88 Å². The molecule has 0 fully saturated rings. The Morgan fingerprint density at radius 3 is 2.11 bits per heavy atom. The van der Waals surface area contributed by atoms with Crippen molar-refractivity contribution < 1.29 is 50.6 Å². The van der Waals surface area contributed by atoms with Crippen molar-refractivity contribution in [1.29, 1.82) is 0 Å². The van der Waals surface area contributed by atoms with Crippen molar-refractivity contribution in [2.24, 2.45) is 0 Å². The summed E-state index contributed by atoms with van der Waals surface area (Å²) in [4.78, 5) is 29.3. The molecular formula is C21H20F6N4O5. The summed E-state index contributed by atoms with van der Waals surface area (Å²) in [6.45, 7) is 5.66. The molecule has 0 amide bonds. The first-order valence-corrected chi connectivity index (χ1v) is 10.0. The van der Waals surface area contributed by atoms with Crippen LogP contribution in [-0.4, -0.2) is 60.5 Å². The number of hydrogen-bond acceptors (Lipinski definition) is 6. The summed E-state index contributed by atoms with van der Waals surface area (Å²) < 4.78 is 71.2. The van der Waals surface area contributed by atoms with E-state index in [0.717, 1.165) is 54.8 Å². The van der Waals surface area contributed by atoms with Gasteiger partial charge in [-0.15, -0.1) is 0 Å². The van der Waals surface area contributed by atoms with E-state index in [2.05, 4.69) is 31.6 Å². The molecule has 0 saturated carbocycles. The molecular weight excluding hydrogens is 502 g/mol. The third-order valence-electron chi connectivity index (χ3n) is 4.53. The smallest absolute Gasteiger partial charge is 0.475 e. The summed E-state index contributed by atoms with van der Waals surface area (Å²) >= 11 is 0. The number of nitrogens with zero attached hydrogens (tertiary/aromatic N) is 4. The van der Waals surface area contributed by atoms with E-state index in [1.165, 1.54) is 0 Å². The van der Waals surface area contributed by atoms with Crippen molar-refractivity contribution in [3.8, 4) is 11.5 Å². The minimum Gasteiger partial charge on any atom is -0.475 e. The fourth-order valence-corrected chi connectivity index (χ4v) is 2.98. The van der Waals surface area contributed by atoms with E-state index in [9.17, 15) is 26.3 Å². The summed E-state index contributed by atoms with van der Waals surface area (Å²) in [6, 6.07) is 10.1. The van der Waals surface area contributed by atoms with Crippen LogP contribution in [0.2, 0.25) is 0 Å². The van der Waals surface area contributed by atoms with E-state index in [4.69, 9.17) is 24.2 Å². The predicted octanol–water partition coefficient (Wildman–Crippen LogP) is 4.13. The van der Waals surface area contributed by atoms with Gasteiger partial charge in [-0.25, -0.2) is 14.6 Å². The van der Waals surface area contributed by atoms with E-state index in [1.54, 1.807) is 6.26 Å². The van der Waals surface area contributed by atoms with Crippen LogP contribution in [0.25, 0.3) is 11.5 Å². The number of carboxylic acids is 2. The Hall–Kier alpha value is -3.88. The molecule has 3 aromatic rings. The molecule has 15 heteroatoms. The van der Waals surface area contributed by atoms with Crippen molar-refractivity contribution in [3.05, 3.63) is 60.0 Å². The van der Waals surface area contributed by atoms with Crippen LogP contribution in [0.15, 0.2) is 47.2 Å². The molecule has 9 nitrogen and oxygen atoms in total. The summed E-state index contributed by atoms with van der Waals surface area (Å²) in [5.41, 5.74) is 3.25. The summed E-state index contributed by atoms with van der Waals surface area (Å²) in [7, 11) is 0. The van der Waals surface area contributed by atoms with Gasteiger partial charge in [-0.1, -0.05) is 6.07 Å². The predicted molar refractivity (Wildman–Crippen MR) is 110 cm³/mol. The second-order valence-corrected chi connectivity index (χ2v) is 7.28. The molecule has 3 aromatic heterocycles. The maximum absolute atomic E-state index is 10.6. The molecule has 0 spiro atoms. The number of aromatic nitrogens is 3. The second-order valence-electron chi connectivity index (χ2n) is 7.28. The van der Waals surface area contributed by atoms with Crippen molar-refractivity contribution in [3.63, 3.8) is 0 Å². The quantitative estimate of drug-likeness (QED) is 0.493. The number of fused-ring (bicyclic) bond motifs is 1. The number of alkyl halides is 6. The zero-order valence-electron chi connectivity index (χ0n) is 18.5. The number of hydrogen-bond donors (Lipinski definition) is 2. The van der Waals surface area contributed by atoms with Gasteiger partial charge in [-0.2, -0.15) is 26.3 Å². The standard InChI is InChI=1S/C17H18N4O.2C2HF3O2/c1-13-4-2-5-14(19-13)11-20-7-8-21-15(10-18-17(21)12-20)16-6-3-9-22-16;2*3-2(4,5)1(6)7/h2-6,9-10H,7-8,11-12H2,1H3;2*(H,6,7). The van der Waals surface area contributed by atoms with Crippen LogP contribution in [0.1, 0.15) is 17.2 Å². The first kappa shape index (κ1) is 28.4. The molecule has 4 rings (SSSR count). The molecule has 0 saturated heterocycles. The van der Waals surface area contributed by atoms with E-state index in [0.29, 0.717) is 0 Å². The molecule has 0 unspecified atom stereocenters. The highest BCUT2D eigenvalue weighted by atomic mass is 19.4. The summed E-state index contributed by atoms with van der Waals surface area (Å²) in [5, 5.41) is 14.2. The highest BCUT2D eigenvalue weighted by Crippen LogP contribution is 2.24. The molecule has 0 aromatic carbocycles. The average molecular weight is 522 g/mol. The number of aliphatic carboxylic acids is 2. The van der Waals surface area contributed by atoms with Crippen LogP contribution in [0, 0.1) is 6.92 Å². The number of furan rings is 1. The minimum atomic E-state index is -5.08. The van der Waals surface area contributed by atoms with Crippen LogP contribution in [0.3, 0.4) is 0 Å². The van der Waals surface area contributed by atoms with E-state index >= 15 is 0 Å². The number of imidazole rings is 1. The molecule has 4 heterocycles. The molecule has 1 aliphatic heterocycles. The van der Waals surface area contributed by atoms with Gasteiger partial charge in [0.05, 0.1) is 24.7 Å². The molecule has 1 aliphatic rings. The fraction of sp³-hybridized carbons (Fsp3) is 0.333. The first-order valence-electron chi connectivity index (χ1n) is 10.0. The van der Waals surface area contributed by atoms with E-state index in [1.807, 2.05) is 31.3 Å². The zero-order chi connectivity index (χ0) is 27.1. The number of pyridine rings is 1. The normalized spacial score (nSPS) is 13.5. The van der Waals surface area contributed by atoms with Crippen molar-refractivity contribution >= 4 is 11.9 Å². The Morgan fingerprint density at radius 1 is 1.00 bits per heavy atom. The van der Waals surface area contributed by atoms with Gasteiger partial charge in [0.15, 0.2) is 5.76 Å². The van der Waals surface area contributed by atoms with Gasteiger partial charge in [0.25, 0.3) is 0 Å². The monoisotopic (exact) mass is 522 g/mol. The maximum atomic E-state index is 10.6. The molecule has 36 heavy (non-hydrogen) atoms. The largest absolute Gasteiger partial charge is 0.490 e. The van der Waals surface area contributed by atoms with Crippen molar-refractivity contribution in [2.75, 3.05) is 6.54 Å². The van der Waals surface area contributed by atoms with Crippen LogP contribution in [0.5, 0.6) is 0 Å². The maximum Gasteiger partial charge on any atom is 0.490 e. The lowest BCUT2D eigenvalue weighted by atomic mass is 10.2. The van der Waals surface area contributed by atoms with Gasteiger partial charge in [0.1, 0.15) is 11.5 Å². The fourth-order valence-electron chi connectivity index (χ4n) is 2.98. The number of rotatable bonds is 3. The molecule has 0 aliphatic carbocycles. The van der Waals surface area contributed by atoms with Gasteiger partial charge >= 0.3 is 24.3 Å². The van der Waals surface area contributed by atoms with Gasteiger partial charge < -0.3 is 19.2 Å². The molecule has 0 atom stereocenters. The van der Waals surface area contributed by atoms with E-state index in [-0.39, 0.29) is 0 Å². The lowest BCUT2D eigenvalue weighted by Crippen LogP contribution is -2.33. The summed E-state index contributed by atoms with van der Waals surface area (Å²) in [5.74, 6) is -3.54. The molecule has 2 N–H and O–H groups in total. The molecule has 0 radical (unpaired) electrons. The van der Waals surface area contributed by atoms with Gasteiger partial charge in [0, 0.05) is 25.3 Å². The Kier molecular flexibility index (Phi) is 9.22. The molecule has 0 bridgehead atoms. The van der Waals surface area contributed by atoms with Crippen molar-refractivity contribution in [1.82, 2.24) is 19.4 Å². The van der Waals surface area contributed by atoms with Crippen LogP contribution < -0.4 is 0 Å². The minimum absolute atomic E-state index is 0.844. The number of carboxylic acid groups (broad SMARTS) is 2. The highest BCUT2D eigenvalue weighted by molar-refractivity contribution is 5.73. The lowest BCUT2D eigenvalue weighted by molar-refractivity contribution is -0.193. The first-order chi connectivity index (χ1) is 16.7. The van der Waals surface area contributed by atoms with Crippen LogP contribution >= 0.6 is 0 Å². The number of aryl methyl sites for hydroxylation is 1. The van der Waals surface area contributed by atoms with E-state index < -0.39 is 24.3 Å². The topological polar surface area (TPSA) is 122 Å². The number of carbonyl (C=O) groups is 2. The SMILES string of the molecule is Cc1cccc(CN2CCn3c(-c4ccco4)cnc3C2)n1.O=C(O)C(F)(F)F.O=C(O)C(F)(F)F. The molecule has 196 valence electrons. The average Bonchev–Trinajstić information content (AvgIpc) is 3.42. The van der Waals surface area contributed by atoms with Gasteiger partial charge in [0.2, 0.25) is 0 Å². The Labute approximate surface area is 199 Å². The summed E-state index contributed by atoms with van der Waals surface area (Å²) in [6.07, 6.45) is -6.56. The second kappa shape index (κ2) is 11.7. The third kappa shape index (κ3) is 8.41. The Bertz CT molecular complexity index is 1130. The third-order valence-corrected chi connectivity index (χ3v) is 4.53. The Morgan fingerprint density at radius 2 is 1.61 bits per heavy atom.